The van der Waals surface area contributed by atoms with Crippen LogP contribution in [0.25, 0.3) is 0 Å². The number of nitrogens with one attached hydrogen (secondary N) is 1. The predicted octanol–water partition coefficient (Wildman–Crippen LogP) is 1.54. The lowest BCUT2D eigenvalue weighted by atomic mass is 9.84. The van der Waals surface area contributed by atoms with Crippen LogP contribution in [0.3, 0.4) is 0 Å². The molecule has 5 nitrogen and oxygen atoms in total. The normalized spacial score (nSPS) is 23.9. The number of nitrogens with zero attached hydrogens (tertiary/aromatic N) is 1. The summed E-state index contributed by atoms with van der Waals surface area (Å²) in [7, 11) is 0. The molecule has 0 aromatic carbocycles. The van der Waals surface area contributed by atoms with Crippen LogP contribution in [0.1, 0.15) is 47.8 Å². The zero-order valence-corrected chi connectivity index (χ0v) is 11.0. The number of rotatable bonds is 3. The highest BCUT2D eigenvalue weighted by Crippen LogP contribution is 2.24. The average molecular weight is 251 g/mol. The third-order valence-corrected chi connectivity index (χ3v) is 3.64. The Morgan fingerprint density at radius 2 is 2.17 bits per heavy atom. The van der Waals surface area contributed by atoms with Gasteiger partial charge in [-0.05, 0) is 32.2 Å². The molecule has 0 radical (unpaired) electrons. The molecule has 3 N–H and O–H groups in total. The van der Waals surface area contributed by atoms with Crippen LogP contribution in [0.2, 0.25) is 0 Å². The van der Waals surface area contributed by atoms with Crippen molar-refractivity contribution >= 4 is 5.91 Å². The van der Waals surface area contributed by atoms with Gasteiger partial charge in [0.2, 0.25) is 5.76 Å². The van der Waals surface area contributed by atoms with Crippen LogP contribution in [-0.2, 0) is 0 Å². The molecular weight excluding hydrogens is 230 g/mol. The average Bonchev–Trinajstić information content (AvgIpc) is 2.69. The third kappa shape index (κ3) is 2.72. The minimum Gasteiger partial charge on any atom is -0.436 e. The van der Waals surface area contributed by atoms with Gasteiger partial charge in [-0.1, -0.05) is 12.8 Å². The molecule has 1 fully saturated rings. The van der Waals surface area contributed by atoms with Gasteiger partial charge in [-0.3, -0.25) is 4.79 Å². The summed E-state index contributed by atoms with van der Waals surface area (Å²) in [6.45, 7) is 4.15. The number of carbonyl (C=O) groups is 1. The van der Waals surface area contributed by atoms with Crippen molar-refractivity contribution in [3.8, 4) is 0 Å². The largest absolute Gasteiger partial charge is 0.436 e. The molecule has 1 aliphatic carbocycles. The SMILES string of the molecule is Cc1nc(C)c(C(=O)NC2CCCCC2CN)o1. The van der Waals surface area contributed by atoms with E-state index in [1.54, 1.807) is 13.8 Å². The molecule has 0 aliphatic heterocycles. The molecular formula is C13H21N3O2. The van der Waals surface area contributed by atoms with Crippen LogP contribution < -0.4 is 11.1 Å². The second-order valence-corrected chi connectivity index (χ2v) is 5.01. The number of hydrogen-bond donors (Lipinski definition) is 2. The Labute approximate surface area is 107 Å². The van der Waals surface area contributed by atoms with Crippen molar-refractivity contribution in [1.82, 2.24) is 10.3 Å². The van der Waals surface area contributed by atoms with Gasteiger partial charge in [0.25, 0.3) is 5.91 Å². The molecule has 1 saturated carbocycles. The highest BCUT2D eigenvalue weighted by atomic mass is 16.4. The Balaban J connectivity index is 2.04. The van der Waals surface area contributed by atoms with Crippen LogP contribution >= 0.6 is 0 Å². The van der Waals surface area contributed by atoms with E-state index in [0.29, 0.717) is 29.8 Å². The molecule has 100 valence electrons. The topological polar surface area (TPSA) is 81.2 Å². The fraction of sp³-hybridized carbons (Fsp3) is 0.692. The zero-order chi connectivity index (χ0) is 13.1. The maximum absolute atomic E-state index is 12.1. The van der Waals surface area contributed by atoms with E-state index in [-0.39, 0.29) is 11.9 Å². The van der Waals surface area contributed by atoms with E-state index < -0.39 is 0 Å². The molecule has 0 saturated heterocycles. The van der Waals surface area contributed by atoms with Crippen LogP contribution in [-0.4, -0.2) is 23.5 Å². The highest BCUT2D eigenvalue weighted by molar-refractivity contribution is 5.92. The maximum atomic E-state index is 12.1. The van der Waals surface area contributed by atoms with E-state index >= 15 is 0 Å². The molecule has 2 atom stereocenters. The summed E-state index contributed by atoms with van der Waals surface area (Å²) in [6.07, 6.45) is 4.44. The van der Waals surface area contributed by atoms with Crippen molar-refractivity contribution in [1.29, 1.82) is 0 Å². The molecule has 1 amide bonds. The lowest BCUT2D eigenvalue weighted by molar-refractivity contribution is 0.0877. The molecule has 0 bridgehead atoms. The van der Waals surface area contributed by atoms with Crippen molar-refractivity contribution in [2.75, 3.05) is 6.54 Å². The summed E-state index contributed by atoms with van der Waals surface area (Å²) in [4.78, 5) is 16.2. The van der Waals surface area contributed by atoms with Crippen LogP contribution in [0, 0.1) is 19.8 Å². The number of carbonyl (C=O) groups excluding carboxylic acids is 1. The number of aryl methyl sites for hydroxylation is 2. The molecule has 1 aromatic heterocycles. The number of hydrogen-bond acceptors (Lipinski definition) is 4. The van der Waals surface area contributed by atoms with Crippen molar-refractivity contribution < 1.29 is 9.21 Å². The van der Waals surface area contributed by atoms with Gasteiger partial charge in [0.05, 0.1) is 5.69 Å². The summed E-state index contributed by atoms with van der Waals surface area (Å²) in [5.74, 6) is 1.07. The third-order valence-electron chi connectivity index (χ3n) is 3.64. The maximum Gasteiger partial charge on any atom is 0.289 e. The van der Waals surface area contributed by atoms with E-state index in [1.807, 2.05) is 0 Å². The second kappa shape index (κ2) is 5.52. The predicted molar refractivity (Wildman–Crippen MR) is 68.2 cm³/mol. The van der Waals surface area contributed by atoms with E-state index in [2.05, 4.69) is 10.3 Å². The molecule has 1 aliphatic rings. The second-order valence-electron chi connectivity index (χ2n) is 5.01. The summed E-state index contributed by atoms with van der Waals surface area (Å²) in [5.41, 5.74) is 6.40. The lowest BCUT2D eigenvalue weighted by Crippen LogP contribution is -2.44. The molecule has 2 unspecified atom stereocenters. The molecule has 1 heterocycles. The molecule has 2 rings (SSSR count). The summed E-state index contributed by atoms with van der Waals surface area (Å²) >= 11 is 0. The van der Waals surface area contributed by atoms with Gasteiger partial charge < -0.3 is 15.5 Å². The smallest absolute Gasteiger partial charge is 0.289 e. The van der Waals surface area contributed by atoms with Crippen molar-refractivity contribution in [2.24, 2.45) is 11.7 Å². The van der Waals surface area contributed by atoms with Gasteiger partial charge in [-0.25, -0.2) is 4.98 Å². The van der Waals surface area contributed by atoms with Gasteiger partial charge in [-0.15, -0.1) is 0 Å². The fourth-order valence-electron chi connectivity index (χ4n) is 2.66. The van der Waals surface area contributed by atoms with E-state index in [1.165, 1.54) is 6.42 Å². The van der Waals surface area contributed by atoms with E-state index in [0.717, 1.165) is 19.3 Å². The summed E-state index contributed by atoms with van der Waals surface area (Å²) in [5, 5.41) is 3.04. The van der Waals surface area contributed by atoms with Crippen molar-refractivity contribution in [3.05, 3.63) is 17.3 Å². The number of amides is 1. The first kappa shape index (κ1) is 13.1. The standard InChI is InChI=1S/C13H21N3O2/c1-8-12(18-9(2)15-8)13(17)16-11-6-4-3-5-10(11)7-14/h10-11H,3-7,14H2,1-2H3,(H,16,17). The first-order valence-corrected chi connectivity index (χ1v) is 6.56. The monoisotopic (exact) mass is 251 g/mol. The van der Waals surface area contributed by atoms with Crippen molar-refractivity contribution in [3.63, 3.8) is 0 Å². The zero-order valence-electron chi connectivity index (χ0n) is 11.0. The first-order chi connectivity index (χ1) is 8.61. The number of nitrogens with two attached hydrogens (primary N) is 1. The fourth-order valence-corrected chi connectivity index (χ4v) is 2.66. The lowest BCUT2D eigenvalue weighted by Gasteiger charge is -2.31. The van der Waals surface area contributed by atoms with Crippen molar-refractivity contribution in [2.45, 2.75) is 45.6 Å². The van der Waals surface area contributed by atoms with Gasteiger partial charge >= 0.3 is 0 Å². The van der Waals surface area contributed by atoms with Gasteiger partial charge in [-0.2, -0.15) is 0 Å². The first-order valence-electron chi connectivity index (χ1n) is 6.56. The minimum absolute atomic E-state index is 0.168. The number of aromatic nitrogens is 1. The van der Waals surface area contributed by atoms with E-state index in [4.69, 9.17) is 10.2 Å². The summed E-state index contributed by atoms with van der Waals surface area (Å²) < 4.78 is 5.33. The molecule has 18 heavy (non-hydrogen) atoms. The van der Waals surface area contributed by atoms with Gasteiger partial charge in [0.15, 0.2) is 5.89 Å². The van der Waals surface area contributed by atoms with E-state index in [9.17, 15) is 4.79 Å². The summed E-state index contributed by atoms with van der Waals surface area (Å²) in [6, 6.07) is 0.168. The Morgan fingerprint density at radius 1 is 1.44 bits per heavy atom. The van der Waals surface area contributed by atoms with Crippen LogP contribution in [0.15, 0.2) is 4.42 Å². The quantitative estimate of drug-likeness (QED) is 0.853. The Morgan fingerprint density at radius 3 is 2.78 bits per heavy atom. The molecule has 5 heteroatoms. The Bertz CT molecular complexity index is 428. The minimum atomic E-state index is -0.168. The van der Waals surface area contributed by atoms with Crippen LogP contribution in [0.5, 0.6) is 0 Å². The Hall–Kier alpha value is -1.36. The van der Waals surface area contributed by atoms with Gasteiger partial charge in [0, 0.05) is 13.0 Å². The molecule has 0 spiro atoms. The molecule has 1 aromatic rings. The number of oxazole rings is 1. The van der Waals surface area contributed by atoms with Gasteiger partial charge in [0.1, 0.15) is 0 Å². The Kier molecular flexibility index (Phi) is 4.01. The van der Waals surface area contributed by atoms with Crippen LogP contribution in [0.4, 0.5) is 0 Å². The highest BCUT2D eigenvalue weighted by Gasteiger charge is 2.27.